The van der Waals surface area contributed by atoms with Gasteiger partial charge in [0, 0.05) is 19.2 Å². The molecule has 2 unspecified atom stereocenters. The zero-order valence-electron chi connectivity index (χ0n) is 18.0. The highest BCUT2D eigenvalue weighted by Crippen LogP contribution is 2.41. The average molecular weight is 435 g/mol. The highest BCUT2D eigenvalue weighted by atomic mass is 19.1. The summed E-state index contributed by atoms with van der Waals surface area (Å²) in [7, 11) is 1.51. The van der Waals surface area contributed by atoms with E-state index in [1.54, 1.807) is 32.3 Å². The van der Waals surface area contributed by atoms with Crippen LogP contribution >= 0.6 is 0 Å². The summed E-state index contributed by atoms with van der Waals surface area (Å²) in [5.41, 5.74) is 2.66. The summed E-state index contributed by atoms with van der Waals surface area (Å²) >= 11 is 0. The number of pyridine rings is 1. The number of halogens is 1. The van der Waals surface area contributed by atoms with Gasteiger partial charge in [-0.15, -0.1) is 4.80 Å². The number of aromatic nitrogens is 6. The van der Waals surface area contributed by atoms with Crippen molar-refractivity contribution in [1.29, 1.82) is 0 Å². The van der Waals surface area contributed by atoms with Gasteiger partial charge in [0.1, 0.15) is 5.69 Å². The molecule has 2 atom stereocenters. The molecule has 0 saturated carbocycles. The summed E-state index contributed by atoms with van der Waals surface area (Å²) in [6.07, 6.45) is 7.52. The van der Waals surface area contributed by atoms with E-state index in [2.05, 4.69) is 31.2 Å². The first-order valence-electron chi connectivity index (χ1n) is 10.4. The Bertz CT molecular complexity index is 1200. The second-order valence-electron chi connectivity index (χ2n) is 8.12. The second kappa shape index (κ2) is 7.77. The number of methoxy groups -OCH3 is 1. The van der Waals surface area contributed by atoms with Gasteiger partial charge in [0.15, 0.2) is 11.6 Å². The number of carbonyl (C=O) groups is 1. The molecule has 164 valence electrons. The van der Waals surface area contributed by atoms with Gasteiger partial charge in [-0.25, -0.2) is 19.3 Å². The number of fused-ring (bicyclic) bond motifs is 1. The Labute approximate surface area is 184 Å². The minimum atomic E-state index is -0.362. The first kappa shape index (κ1) is 20.2. The van der Waals surface area contributed by atoms with E-state index in [-0.39, 0.29) is 23.6 Å². The molecule has 0 N–H and O–H groups in total. The van der Waals surface area contributed by atoms with Crippen molar-refractivity contribution in [3.63, 3.8) is 0 Å². The maximum absolute atomic E-state index is 13.9. The Hall–Kier alpha value is -3.69. The number of carbonyl (C=O) groups excluding carboxylic acids is 1. The van der Waals surface area contributed by atoms with Gasteiger partial charge in [0.2, 0.25) is 5.88 Å². The number of nitrogens with zero attached hydrogens (tertiary/aromatic N) is 7. The van der Waals surface area contributed by atoms with Gasteiger partial charge in [-0.1, -0.05) is 6.08 Å². The van der Waals surface area contributed by atoms with Gasteiger partial charge in [-0.3, -0.25) is 4.79 Å². The molecule has 10 heteroatoms. The molecular formula is C22H22FN7O2. The van der Waals surface area contributed by atoms with Crippen LogP contribution in [0.3, 0.4) is 0 Å². The van der Waals surface area contributed by atoms with Crippen LogP contribution in [0.4, 0.5) is 4.39 Å². The van der Waals surface area contributed by atoms with Crippen LogP contribution in [0.1, 0.15) is 34.0 Å². The first-order valence-corrected chi connectivity index (χ1v) is 10.4. The third kappa shape index (κ3) is 3.41. The van der Waals surface area contributed by atoms with Crippen molar-refractivity contribution in [1.82, 2.24) is 34.8 Å². The van der Waals surface area contributed by atoms with Gasteiger partial charge in [-0.05, 0) is 37.7 Å². The van der Waals surface area contributed by atoms with Crippen molar-refractivity contribution in [3.8, 4) is 11.6 Å². The molecule has 5 rings (SSSR count). The Morgan fingerprint density at radius 3 is 2.53 bits per heavy atom. The van der Waals surface area contributed by atoms with Gasteiger partial charge < -0.3 is 9.64 Å². The molecule has 3 aromatic heterocycles. The Morgan fingerprint density at radius 2 is 1.88 bits per heavy atom. The van der Waals surface area contributed by atoms with E-state index in [1.165, 1.54) is 18.1 Å². The molecule has 1 amide bonds. The van der Waals surface area contributed by atoms with E-state index in [4.69, 9.17) is 4.74 Å². The molecule has 2 aliphatic rings. The molecule has 3 aromatic rings. The zero-order valence-corrected chi connectivity index (χ0v) is 18.0. The number of likely N-dealkylation sites (tertiary alicyclic amines) is 1. The Kier molecular flexibility index (Phi) is 4.91. The fraction of sp³-hybridized carbons (Fsp3) is 0.364. The molecule has 0 bridgehead atoms. The Balaban J connectivity index is 1.39. The smallest absolute Gasteiger partial charge is 0.256 e. The van der Waals surface area contributed by atoms with E-state index < -0.39 is 0 Å². The molecular weight excluding hydrogens is 413 g/mol. The largest absolute Gasteiger partial charge is 0.481 e. The van der Waals surface area contributed by atoms with E-state index in [9.17, 15) is 9.18 Å². The number of rotatable bonds is 4. The number of hydrogen-bond acceptors (Lipinski definition) is 7. The third-order valence-corrected chi connectivity index (χ3v) is 6.08. The lowest BCUT2D eigenvalue weighted by molar-refractivity contribution is 0.0784. The molecule has 1 aliphatic carbocycles. The highest BCUT2D eigenvalue weighted by Gasteiger charge is 2.40. The number of amides is 1. The number of hydrogen-bond donors (Lipinski definition) is 0. The van der Waals surface area contributed by atoms with Crippen LogP contribution in [0.25, 0.3) is 11.3 Å². The predicted molar refractivity (Wildman–Crippen MR) is 113 cm³/mol. The SMILES string of the molecule is COc1cc(C(=O)N2CC3C=C(c4nc(C)c(F)c(C)n4)CC3C2)c(-n2nccn2)cn1. The van der Waals surface area contributed by atoms with Crippen LogP contribution in [0.5, 0.6) is 5.88 Å². The minimum absolute atomic E-state index is 0.118. The van der Waals surface area contributed by atoms with Crippen LogP contribution in [0.2, 0.25) is 0 Å². The molecule has 1 fully saturated rings. The van der Waals surface area contributed by atoms with Gasteiger partial charge in [0.05, 0.1) is 42.7 Å². The first-order chi connectivity index (χ1) is 15.4. The van der Waals surface area contributed by atoms with Crippen LogP contribution in [0, 0.1) is 31.5 Å². The molecule has 4 heterocycles. The van der Waals surface area contributed by atoms with Crippen LogP contribution in [-0.4, -0.2) is 61.0 Å². The van der Waals surface area contributed by atoms with Crippen LogP contribution in [-0.2, 0) is 0 Å². The van der Waals surface area contributed by atoms with Gasteiger partial charge in [-0.2, -0.15) is 10.2 Å². The lowest BCUT2D eigenvalue weighted by Gasteiger charge is -2.19. The highest BCUT2D eigenvalue weighted by molar-refractivity contribution is 5.98. The van der Waals surface area contributed by atoms with Crippen LogP contribution < -0.4 is 4.74 Å². The van der Waals surface area contributed by atoms with Crippen molar-refractivity contribution in [2.45, 2.75) is 20.3 Å². The summed E-state index contributed by atoms with van der Waals surface area (Å²) in [5, 5.41) is 8.27. The molecule has 1 aliphatic heterocycles. The summed E-state index contributed by atoms with van der Waals surface area (Å²) in [6.45, 7) is 4.50. The molecule has 0 radical (unpaired) electrons. The average Bonchev–Trinajstić information content (AvgIpc) is 3.53. The van der Waals surface area contributed by atoms with Crippen molar-refractivity contribution in [2.24, 2.45) is 11.8 Å². The Morgan fingerprint density at radius 1 is 1.16 bits per heavy atom. The molecule has 9 nitrogen and oxygen atoms in total. The quantitative estimate of drug-likeness (QED) is 0.620. The minimum Gasteiger partial charge on any atom is -0.481 e. The fourth-order valence-electron chi connectivity index (χ4n) is 4.47. The van der Waals surface area contributed by atoms with E-state index in [0.717, 1.165) is 12.0 Å². The monoisotopic (exact) mass is 435 g/mol. The summed E-state index contributed by atoms with van der Waals surface area (Å²) in [5.74, 6) is 0.938. The topological polar surface area (TPSA) is 98.9 Å². The summed E-state index contributed by atoms with van der Waals surface area (Å²) in [6, 6.07) is 1.62. The fourth-order valence-corrected chi connectivity index (χ4v) is 4.47. The van der Waals surface area contributed by atoms with Gasteiger partial charge in [0.25, 0.3) is 5.91 Å². The third-order valence-electron chi connectivity index (χ3n) is 6.08. The van der Waals surface area contributed by atoms with Crippen molar-refractivity contribution >= 4 is 11.5 Å². The van der Waals surface area contributed by atoms with Crippen molar-refractivity contribution < 1.29 is 13.9 Å². The summed E-state index contributed by atoms with van der Waals surface area (Å²) in [4.78, 5) is 29.5. The number of allylic oxidation sites excluding steroid dienone is 1. The number of ether oxygens (including phenoxy) is 1. The number of aryl methyl sites for hydroxylation is 2. The maximum Gasteiger partial charge on any atom is 0.256 e. The molecule has 1 saturated heterocycles. The molecule has 32 heavy (non-hydrogen) atoms. The lowest BCUT2D eigenvalue weighted by Crippen LogP contribution is -2.30. The molecule has 0 spiro atoms. The van der Waals surface area contributed by atoms with Gasteiger partial charge >= 0.3 is 0 Å². The zero-order chi connectivity index (χ0) is 22.4. The van der Waals surface area contributed by atoms with E-state index in [0.29, 0.717) is 47.4 Å². The second-order valence-corrected chi connectivity index (χ2v) is 8.12. The standard InChI is InChI=1S/C22H22FN7O2/c1-12-20(23)13(2)28-21(27-12)14-6-15-10-29(11-16(15)7-14)22(31)17-8-19(32-3)24-9-18(17)30-25-4-5-26-30/h4-6,8-9,15-16H,7,10-11H2,1-3H3. The van der Waals surface area contributed by atoms with E-state index >= 15 is 0 Å². The van der Waals surface area contributed by atoms with Crippen molar-refractivity contribution in [2.75, 3.05) is 20.2 Å². The van der Waals surface area contributed by atoms with Crippen LogP contribution in [0.15, 0.2) is 30.7 Å². The van der Waals surface area contributed by atoms with Crippen molar-refractivity contribution in [3.05, 3.63) is 59.3 Å². The maximum atomic E-state index is 13.9. The predicted octanol–water partition coefficient (Wildman–Crippen LogP) is 2.39. The molecule has 0 aromatic carbocycles. The van der Waals surface area contributed by atoms with E-state index in [1.807, 2.05) is 4.90 Å². The lowest BCUT2D eigenvalue weighted by atomic mass is 10.00. The summed E-state index contributed by atoms with van der Waals surface area (Å²) < 4.78 is 19.1. The normalized spacial score (nSPS) is 19.8.